The number of nitrogens with zero attached hydrogens (tertiary/aromatic N) is 3. The fourth-order valence-electron chi connectivity index (χ4n) is 3.63. The number of hydrogen-bond acceptors (Lipinski definition) is 7. The number of rotatable bonds is 12. The van der Waals surface area contributed by atoms with Crippen LogP contribution >= 0.6 is 0 Å². The SMILES string of the molecule is Cc1cccnc1NC(=O)Nc1ccc(CC(=O)NC(CC(C)C)c2noc(CCCC(=O)O)n2)cc1. The van der Waals surface area contributed by atoms with Crippen molar-refractivity contribution in [1.29, 1.82) is 0 Å². The Morgan fingerprint density at radius 1 is 1.08 bits per heavy atom. The number of carbonyl (C=O) groups excluding carboxylic acids is 2. The quantitative estimate of drug-likeness (QED) is 0.282. The third-order valence-corrected chi connectivity index (χ3v) is 5.44. The Morgan fingerprint density at radius 2 is 1.84 bits per heavy atom. The van der Waals surface area contributed by atoms with Crippen LogP contribution in [-0.2, 0) is 22.4 Å². The second kappa shape index (κ2) is 13.1. The summed E-state index contributed by atoms with van der Waals surface area (Å²) in [6, 6.07) is 9.80. The predicted octanol–water partition coefficient (Wildman–Crippen LogP) is 4.27. The average Bonchev–Trinajstić information content (AvgIpc) is 3.30. The molecule has 3 amide bonds. The normalized spacial score (nSPS) is 11.7. The Kier molecular flexibility index (Phi) is 9.70. The molecule has 2 heterocycles. The van der Waals surface area contributed by atoms with Crippen LogP contribution in [0.15, 0.2) is 47.1 Å². The maximum absolute atomic E-state index is 12.8. The zero-order chi connectivity index (χ0) is 26.8. The van der Waals surface area contributed by atoms with E-state index in [1.54, 1.807) is 36.5 Å². The van der Waals surface area contributed by atoms with E-state index in [0.717, 1.165) is 11.1 Å². The zero-order valence-corrected chi connectivity index (χ0v) is 21.2. The summed E-state index contributed by atoms with van der Waals surface area (Å²) < 4.78 is 5.25. The number of carboxylic acids is 1. The third-order valence-electron chi connectivity index (χ3n) is 5.44. The molecule has 4 N–H and O–H groups in total. The van der Waals surface area contributed by atoms with Gasteiger partial charge >= 0.3 is 12.0 Å². The van der Waals surface area contributed by atoms with Gasteiger partial charge in [-0.3, -0.25) is 14.9 Å². The highest BCUT2D eigenvalue weighted by molar-refractivity contribution is 5.99. The van der Waals surface area contributed by atoms with Crippen LogP contribution in [0.4, 0.5) is 16.3 Å². The lowest BCUT2D eigenvalue weighted by atomic mass is 10.0. The van der Waals surface area contributed by atoms with E-state index in [9.17, 15) is 14.4 Å². The molecule has 0 bridgehead atoms. The molecule has 1 unspecified atom stereocenters. The summed E-state index contributed by atoms with van der Waals surface area (Å²) in [7, 11) is 0. The van der Waals surface area contributed by atoms with Gasteiger partial charge < -0.3 is 20.3 Å². The molecule has 0 saturated carbocycles. The summed E-state index contributed by atoms with van der Waals surface area (Å²) in [6.45, 7) is 5.92. The minimum Gasteiger partial charge on any atom is -0.481 e. The molecule has 196 valence electrons. The van der Waals surface area contributed by atoms with Gasteiger partial charge in [-0.25, -0.2) is 9.78 Å². The van der Waals surface area contributed by atoms with E-state index >= 15 is 0 Å². The number of hydrogen-bond donors (Lipinski definition) is 4. The molecule has 0 radical (unpaired) electrons. The topological polar surface area (TPSA) is 159 Å². The molecule has 11 heteroatoms. The highest BCUT2D eigenvalue weighted by Gasteiger charge is 2.22. The summed E-state index contributed by atoms with van der Waals surface area (Å²) >= 11 is 0. The number of pyridine rings is 1. The first-order valence-corrected chi connectivity index (χ1v) is 12.1. The predicted molar refractivity (Wildman–Crippen MR) is 137 cm³/mol. The molecule has 0 aliphatic carbocycles. The van der Waals surface area contributed by atoms with Crippen molar-refractivity contribution in [1.82, 2.24) is 20.4 Å². The van der Waals surface area contributed by atoms with Gasteiger partial charge in [0.25, 0.3) is 0 Å². The van der Waals surface area contributed by atoms with Crippen LogP contribution in [0.3, 0.4) is 0 Å². The average molecular weight is 509 g/mol. The van der Waals surface area contributed by atoms with E-state index in [1.165, 1.54) is 0 Å². The number of anilines is 2. The first-order chi connectivity index (χ1) is 17.7. The molecule has 11 nitrogen and oxygen atoms in total. The van der Waals surface area contributed by atoms with E-state index in [0.29, 0.717) is 42.5 Å². The summed E-state index contributed by atoms with van der Waals surface area (Å²) in [5.41, 5.74) is 2.20. The molecule has 0 spiro atoms. The van der Waals surface area contributed by atoms with Crippen molar-refractivity contribution in [3.63, 3.8) is 0 Å². The fourth-order valence-corrected chi connectivity index (χ4v) is 3.63. The number of carboxylic acid groups (broad SMARTS) is 1. The van der Waals surface area contributed by atoms with E-state index < -0.39 is 18.0 Å². The second-order valence-electron chi connectivity index (χ2n) is 9.16. The van der Waals surface area contributed by atoms with Crippen molar-refractivity contribution in [3.8, 4) is 0 Å². The van der Waals surface area contributed by atoms with Crippen LogP contribution in [0.5, 0.6) is 0 Å². The lowest BCUT2D eigenvalue weighted by Gasteiger charge is -2.17. The Hall–Kier alpha value is -4.28. The van der Waals surface area contributed by atoms with E-state index in [2.05, 4.69) is 31.1 Å². The Labute approximate surface area is 215 Å². The lowest BCUT2D eigenvalue weighted by molar-refractivity contribution is -0.137. The van der Waals surface area contributed by atoms with Gasteiger partial charge in [0.05, 0.1) is 12.5 Å². The van der Waals surface area contributed by atoms with Gasteiger partial charge in [-0.05, 0) is 55.0 Å². The molecule has 0 saturated heterocycles. The molecule has 0 fully saturated rings. The molecule has 3 aromatic rings. The summed E-state index contributed by atoms with van der Waals surface area (Å²) in [4.78, 5) is 44.2. The minimum atomic E-state index is -0.878. The van der Waals surface area contributed by atoms with Crippen LogP contribution in [-0.4, -0.2) is 38.1 Å². The molecular formula is C26H32N6O5. The van der Waals surface area contributed by atoms with Crippen molar-refractivity contribution >= 4 is 29.4 Å². The Morgan fingerprint density at radius 3 is 2.51 bits per heavy atom. The van der Waals surface area contributed by atoms with Crippen molar-refractivity contribution < 1.29 is 24.0 Å². The van der Waals surface area contributed by atoms with Crippen LogP contribution in [0.1, 0.15) is 62.0 Å². The van der Waals surface area contributed by atoms with Crippen molar-refractivity contribution in [2.24, 2.45) is 5.92 Å². The van der Waals surface area contributed by atoms with E-state index in [1.807, 2.05) is 26.8 Å². The number of aromatic nitrogens is 3. The molecule has 3 rings (SSSR count). The van der Waals surface area contributed by atoms with E-state index in [-0.39, 0.29) is 24.7 Å². The third kappa shape index (κ3) is 9.02. The fraction of sp³-hybridized carbons (Fsp3) is 0.385. The number of amides is 3. The van der Waals surface area contributed by atoms with Gasteiger partial charge in [0.2, 0.25) is 11.8 Å². The highest BCUT2D eigenvalue weighted by Crippen LogP contribution is 2.20. The van der Waals surface area contributed by atoms with Crippen molar-refractivity contribution in [2.45, 2.75) is 58.9 Å². The first kappa shape index (κ1) is 27.3. The van der Waals surface area contributed by atoms with Gasteiger partial charge in [-0.1, -0.05) is 37.2 Å². The van der Waals surface area contributed by atoms with Gasteiger partial charge in [0.15, 0.2) is 5.82 Å². The maximum atomic E-state index is 12.8. The lowest BCUT2D eigenvalue weighted by Crippen LogP contribution is -2.31. The summed E-state index contributed by atoms with van der Waals surface area (Å²) in [6.07, 6.45) is 3.14. The smallest absolute Gasteiger partial charge is 0.324 e. The van der Waals surface area contributed by atoms with Crippen LogP contribution in [0.2, 0.25) is 0 Å². The van der Waals surface area contributed by atoms with Gasteiger partial charge in [-0.2, -0.15) is 4.98 Å². The van der Waals surface area contributed by atoms with Crippen molar-refractivity contribution in [3.05, 3.63) is 65.4 Å². The second-order valence-corrected chi connectivity index (χ2v) is 9.16. The zero-order valence-electron chi connectivity index (χ0n) is 21.2. The standard InChI is InChI=1S/C26H32N6O5/c1-16(2)14-20(25-30-22(37-32-25)7-4-8-23(34)35)29-21(33)15-18-9-11-19(12-10-18)28-26(36)31-24-17(3)6-5-13-27-24/h5-6,9-13,16,20H,4,7-8,14-15H2,1-3H3,(H,29,33)(H,34,35)(H2,27,28,31,36). The molecular weight excluding hydrogens is 476 g/mol. The summed E-state index contributed by atoms with van der Waals surface area (Å²) in [5, 5.41) is 21.2. The van der Waals surface area contributed by atoms with Crippen LogP contribution in [0, 0.1) is 12.8 Å². The Balaban J connectivity index is 1.54. The van der Waals surface area contributed by atoms with Crippen LogP contribution in [0.25, 0.3) is 0 Å². The molecule has 2 aromatic heterocycles. The Bertz CT molecular complexity index is 1210. The maximum Gasteiger partial charge on any atom is 0.324 e. The number of nitrogens with one attached hydrogen (secondary N) is 3. The summed E-state index contributed by atoms with van der Waals surface area (Å²) in [5.74, 6) is 0.401. The van der Waals surface area contributed by atoms with Crippen molar-refractivity contribution in [2.75, 3.05) is 10.6 Å². The monoisotopic (exact) mass is 508 g/mol. The number of aliphatic carboxylic acids is 1. The largest absolute Gasteiger partial charge is 0.481 e. The number of benzene rings is 1. The van der Waals surface area contributed by atoms with E-state index in [4.69, 9.17) is 9.63 Å². The molecule has 0 aliphatic rings. The highest BCUT2D eigenvalue weighted by atomic mass is 16.5. The molecule has 1 atom stereocenters. The number of carbonyl (C=O) groups is 3. The van der Waals surface area contributed by atoms with Gasteiger partial charge in [-0.15, -0.1) is 0 Å². The minimum absolute atomic E-state index is 0.0206. The molecule has 37 heavy (non-hydrogen) atoms. The van der Waals surface area contributed by atoms with Gasteiger partial charge in [0, 0.05) is 24.7 Å². The van der Waals surface area contributed by atoms with Crippen LogP contribution < -0.4 is 16.0 Å². The van der Waals surface area contributed by atoms with Gasteiger partial charge in [0.1, 0.15) is 5.82 Å². The number of aryl methyl sites for hydroxylation is 2. The molecule has 1 aromatic carbocycles. The number of urea groups is 1. The first-order valence-electron chi connectivity index (χ1n) is 12.1. The molecule has 0 aliphatic heterocycles.